The highest BCUT2D eigenvalue weighted by Gasteiger charge is 2.10. The molecule has 0 aliphatic rings. The second kappa shape index (κ2) is 9.41. The minimum absolute atomic E-state index is 0.127. The van der Waals surface area contributed by atoms with Gasteiger partial charge < -0.3 is 4.74 Å². The van der Waals surface area contributed by atoms with Gasteiger partial charge in [0.2, 0.25) is 11.0 Å². The van der Waals surface area contributed by atoms with Crippen LogP contribution in [0.5, 0.6) is 5.75 Å². The number of nitrogens with one attached hydrogen (secondary N) is 1. The third-order valence-electron chi connectivity index (χ3n) is 3.49. The normalized spacial score (nSPS) is 10.6. The van der Waals surface area contributed by atoms with Crippen molar-refractivity contribution in [2.75, 3.05) is 18.2 Å². The fourth-order valence-corrected chi connectivity index (χ4v) is 4.03. The van der Waals surface area contributed by atoms with Crippen LogP contribution in [0.15, 0.2) is 42.5 Å². The van der Waals surface area contributed by atoms with Crippen molar-refractivity contribution in [2.24, 2.45) is 0 Å². The van der Waals surface area contributed by atoms with E-state index in [1.807, 2.05) is 30.3 Å². The molecule has 0 fully saturated rings. The number of carbonyl (C=O) groups excluding carboxylic acids is 1. The number of thioether (sulfide) groups is 1. The zero-order valence-electron chi connectivity index (χ0n) is 14.2. The Morgan fingerprint density at radius 3 is 2.63 bits per heavy atom. The van der Waals surface area contributed by atoms with Gasteiger partial charge in [-0.3, -0.25) is 10.1 Å². The molecule has 1 amide bonds. The number of nitrogens with zero attached hydrogens (tertiary/aromatic N) is 2. The van der Waals surface area contributed by atoms with Crippen LogP contribution in [0.4, 0.5) is 5.13 Å². The van der Waals surface area contributed by atoms with Gasteiger partial charge in [-0.15, -0.1) is 22.0 Å². The highest BCUT2D eigenvalue weighted by atomic mass is 35.5. The minimum atomic E-state index is -0.127. The van der Waals surface area contributed by atoms with Crippen LogP contribution in [0, 0.1) is 0 Å². The number of anilines is 1. The quantitative estimate of drug-likeness (QED) is 0.534. The average Bonchev–Trinajstić information content (AvgIpc) is 3.13. The lowest BCUT2D eigenvalue weighted by Gasteiger charge is -2.03. The van der Waals surface area contributed by atoms with Crippen molar-refractivity contribution in [3.05, 3.63) is 58.1 Å². The molecule has 3 rings (SSSR count). The topological polar surface area (TPSA) is 64.1 Å². The molecule has 1 heterocycles. The summed E-state index contributed by atoms with van der Waals surface area (Å²) in [4.78, 5) is 12.1. The lowest BCUT2D eigenvalue weighted by Crippen LogP contribution is -2.13. The number of methoxy groups -OCH3 is 1. The zero-order chi connectivity index (χ0) is 19.2. The number of benzene rings is 2. The summed E-state index contributed by atoms with van der Waals surface area (Å²) < 4.78 is 5.14. The molecule has 9 heteroatoms. The van der Waals surface area contributed by atoms with E-state index >= 15 is 0 Å². The number of rotatable bonds is 7. The summed E-state index contributed by atoms with van der Waals surface area (Å²) in [5, 5.41) is 13.2. The number of ether oxygens (including phenoxy) is 1. The first-order valence-electron chi connectivity index (χ1n) is 7.84. The van der Waals surface area contributed by atoms with E-state index in [1.165, 1.54) is 23.1 Å². The molecule has 5 nitrogen and oxygen atoms in total. The summed E-state index contributed by atoms with van der Waals surface area (Å²) in [6.45, 7) is 0. The highest BCUT2D eigenvalue weighted by Crippen LogP contribution is 2.28. The Kier molecular flexibility index (Phi) is 6.95. The van der Waals surface area contributed by atoms with E-state index in [9.17, 15) is 4.79 Å². The van der Waals surface area contributed by atoms with E-state index in [0.717, 1.165) is 21.9 Å². The van der Waals surface area contributed by atoms with Crippen molar-refractivity contribution in [2.45, 2.75) is 5.75 Å². The van der Waals surface area contributed by atoms with Crippen LogP contribution in [0.2, 0.25) is 10.0 Å². The van der Waals surface area contributed by atoms with Gasteiger partial charge in [0.05, 0.1) is 22.9 Å². The first-order valence-corrected chi connectivity index (χ1v) is 10.6. The fourth-order valence-electron chi connectivity index (χ4n) is 2.17. The SMILES string of the molecule is COc1ccc(-c2nnc(NC(=O)CSCc3ccc(Cl)c(Cl)c3)s2)cc1. The Morgan fingerprint density at radius 1 is 1.15 bits per heavy atom. The van der Waals surface area contributed by atoms with Gasteiger partial charge in [-0.25, -0.2) is 0 Å². The molecule has 140 valence electrons. The molecule has 1 aromatic heterocycles. The standard InChI is InChI=1S/C18H15Cl2N3O2S2/c1-25-13-5-3-12(4-6-13)17-22-23-18(27-17)21-16(24)10-26-9-11-2-7-14(19)15(20)8-11/h2-8H,9-10H2,1H3,(H,21,23,24). The van der Waals surface area contributed by atoms with Gasteiger partial charge in [0.15, 0.2) is 0 Å². The second-order valence-corrected chi connectivity index (χ2v) is 8.21. The fraction of sp³-hybridized carbons (Fsp3) is 0.167. The molecule has 0 aliphatic heterocycles. The number of aromatic nitrogens is 2. The van der Waals surface area contributed by atoms with E-state index in [4.69, 9.17) is 27.9 Å². The smallest absolute Gasteiger partial charge is 0.236 e. The van der Waals surface area contributed by atoms with Gasteiger partial charge in [-0.2, -0.15) is 0 Å². The van der Waals surface area contributed by atoms with Gasteiger partial charge >= 0.3 is 0 Å². The van der Waals surface area contributed by atoms with Crippen LogP contribution in [-0.4, -0.2) is 29.0 Å². The molecule has 0 saturated carbocycles. The van der Waals surface area contributed by atoms with Gasteiger partial charge in [0.1, 0.15) is 10.8 Å². The summed E-state index contributed by atoms with van der Waals surface area (Å²) in [6, 6.07) is 13.0. The Labute approximate surface area is 175 Å². The molecule has 0 spiro atoms. The average molecular weight is 440 g/mol. The van der Waals surface area contributed by atoms with Gasteiger partial charge in [-0.05, 0) is 42.0 Å². The molecule has 0 aliphatic carbocycles. The predicted molar refractivity (Wildman–Crippen MR) is 113 cm³/mol. The summed E-state index contributed by atoms with van der Waals surface area (Å²) in [5.74, 6) is 1.61. The maximum atomic E-state index is 12.1. The van der Waals surface area contributed by atoms with Crippen LogP contribution in [0.3, 0.4) is 0 Å². The molecular formula is C18H15Cl2N3O2S2. The van der Waals surface area contributed by atoms with E-state index in [-0.39, 0.29) is 5.91 Å². The van der Waals surface area contributed by atoms with Crippen molar-refractivity contribution < 1.29 is 9.53 Å². The number of halogens is 2. The van der Waals surface area contributed by atoms with Crippen LogP contribution in [0.25, 0.3) is 10.6 Å². The van der Waals surface area contributed by atoms with E-state index in [2.05, 4.69) is 15.5 Å². The van der Waals surface area contributed by atoms with Crippen molar-refractivity contribution in [3.8, 4) is 16.3 Å². The van der Waals surface area contributed by atoms with Gasteiger partial charge in [-0.1, -0.05) is 40.6 Å². The Balaban J connectivity index is 1.50. The van der Waals surface area contributed by atoms with Crippen molar-refractivity contribution in [3.63, 3.8) is 0 Å². The van der Waals surface area contributed by atoms with Crippen LogP contribution < -0.4 is 10.1 Å². The Hall–Kier alpha value is -1.80. The number of carbonyl (C=O) groups is 1. The first-order chi connectivity index (χ1) is 13.0. The minimum Gasteiger partial charge on any atom is -0.497 e. The summed E-state index contributed by atoms with van der Waals surface area (Å²) in [7, 11) is 1.62. The third-order valence-corrected chi connectivity index (χ3v) is 6.12. The lowest BCUT2D eigenvalue weighted by atomic mass is 10.2. The largest absolute Gasteiger partial charge is 0.497 e. The molecule has 0 atom stereocenters. The molecular weight excluding hydrogens is 425 g/mol. The van der Waals surface area contributed by atoms with Crippen molar-refractivity contribution in [1.29, 1.82) is 0 Å². The third kappa shape index (κ3) is 5.59. The van der Waals surface area contributed by atoms with E-state index in [0.29, 0.717) is 26.7 Å². The van der Waals surface area contributed by atoms with Crippen molar-refractivity contribution in [1.82, 2.24) is 10.2 Å². The van der Waals surface area contributed by atoms with Crippen LogP contribution >= 0.6 is 46.3 Å². The van der Waals surface area contributed by atoms with Crippen molar-refractivity contribution >= 4 is 57.3 Å². The monoisotopic (exact) mass is 439 g/mol. The summed E-state index contributed by atoms with van der Waals surface area (Å²) in [5.41, 5.74) is 1.93. The lowest BCUT2D eigenvalue weighted by molar-refractivity contribution is -0.113. The predicted octanol–water partition coefficient (Wildman–Crippen LogP) is 5.39. The molecule has 1 N–H and O–H groups in total. The maximum absolute atomic E-state index is 12.1. The molecule has 27 heavy (non-hydrogen) atoms. The van der Waals surface area contributed by atoms with Gasteiger partial charge in [0, 0.05) is 11.3 Å². The van der Waals surface area contributed by atoms with Crippen LogP contribution in [-0.2, 0) is 10.5 Å². The number of hydrogen-bond acceptors (Lipinski definition) is 6. The zero-order valence-corrected chi connectivity index (χ0v) is 17.4. The molecule has 0 bridgehead atoms. The van der Waals surface area contributed by atoms with E-state index in [1.54, 1.807) is 19.2 Å². The maximum Gasteiger partial charge on any atom is 0.236 e. The number of amides is 1. The Morgan fingerprint density at radius 2 is 1.93 bits per heavy atom. The molecule has 3 aromatic rings. The Bertz CT molecular complexity index is 933. The van der Waals surface area contributed by atoms with Gasteiger partial charge in [0.25, 0.3) is 0 Å². The second-order valence-electron chi connectivity index (χ2n) is 5.43. The molecule has 0 saturated heterocycles. The molecule has 0 unspecified atom stereocenters. The highest BCUT2D eigenvalue weighted by molar-refractivity contribution is 7.99. The van der Waals surface area contributed by atoms with E-state index < -0.39 is 0 Å². The summed E-state index contributed by atoms with van der Waals surface area (Å²) >= 11 is 14.7. The first kappa shape index (κ1) is 19.9. The molecule has 0 radical (unpaired) electrons. The molecule has 2 aromatic carbocycles. The summed E-state index contributed by atoms with van der Waals surface area (Å²) in [6.07, 6.45) is 0. The van der Waals surface area contributed by atoms with Crippen LogP contribution in [0.1, 0.15) is 5.56 Å². The number of hydrogen-bond donors (Lipinski definition) is 1.